The largest absolute Gasteiger partial charge is 0.381 e. The topological polar surface area (TPSA) is 59.6 Å². The average molecular weight is 500 g/mol. The smallest absolute Gasteiger partial charge is 0.193 e. The summed E-state index contributed by atoms with van der Waals surface area (Å²) in [7, 11) is 0. The van der Waals surface area contributed by atoms with Crippen molar-refractivity contribution in [2.24, 2.45) is 10.7 Å². The Morgan fingerprint density at radius 1 is 1.15 bits per heavy atom. The fraction of sp³-hybridized carbons (Fsp3) is 0.381. The number of anilines is 1. The van der Waals surface area contributed by atoms with E-state index in [4.69, 9.17) is 22.1 Å². The molecule has 0 atom stereocenters. The minimum absolute atomic E-state index is 0. The molecule has 6 heteroatoms. The van der Waals surface area contributed by atoms with E-state index in [2.05, 4.69) is 42.4 Å². The van der Waals surface area contributed by atoms with Crippen LogP contribution < -0.4 is 11.1 Å². The molecule has 0 saturated carbocycles. The average Bonchev–Trinajstić information content (AvgIpc) is 2.64. The number of benzene rings is 2. The number of ether oxygens (including phenoxy) is 1. The number of nitrogens with one attached hydrogen (secondary N) is 1. The van der Waals surface area contributed by atoms with E-state index in [1.807, 2.05) is 24.3 Å². The van der Waals surface area contributed by atoms with Crippen LogP contribution in [0.2, 0.25) is 5.02 Å². The summed E-state index contributed by atoms with van der Waals surface area (Å²) in [6.45, 7) is 6.19. The van der Waals surface area contributed by atoms with Gasteiger partial charge >= 0.3 is 0 Å². The summed E-state index contributed by atoms with van der Waals surface area (Å²) >= 11 is 6.49. The Labute approximate surface area is 183 Å². The molecule has 0 radical (unpaired) electrons. The Kier molecular flexibility index (Phi) is 7.94. The zero-order valence-electron chi connectivity index (χ0n) is 15.8. The van der Waals surface area contributed by atoms with Crippen LogP contribution in [0, 0.1) is 13.8 Å². The molecule has 1 aliphatic rings. The second kappa shape index (κ2) is 9.75. The van der Waals surface area contributed by atoms with Gasteiger partial charge in [0.2, 0.25) is 0 Å². The van der Waals surface area contributed by atoms with Crippen LogP contribution in [-0.2, 0) is 10.2 Å². The van der Waals surface area contributed by atoms with Crippen molar-refractivity contribution in [1.29, 1.82) is 0 Å². The molecule has 0 bridgehead atoms. The van der Waals surface area contributed by atoms with Gasteiger partial charge in [0.1, 0.15) is 0 Å². The van der Waals surface area contributed by atoms with E-state index in [0.717, 1.165) is 29.1 Å². The molecule has 1 saturated heterocycles. The number of aliphatic imine (C=N–C) groups is 1. The fourth-order valence-corrected chi connectivity index (χ4v) is 3.75. The zero-order valence-corrected chi connectivity index (χ0v) is 18.9. The molecule has 2 aromatic carbocycles. The normalized spacial score (nSPS) is 16.5. The molecule has 0 aromatic heterocycles. The number of halogens is 2. The lowest BCUT2D eigenvalue weighted by molar-refractivity contribution is 0.0532. The number of hydrogen-bond donors (Lipinski definition) is 2. The monoisotopic (exact) mass is 499 g/mol. The maximum absolute atomic E-state index is 6.49. The lowest BCUT2D eigenvalue weighted by Crippen LogP contribution is -2.38. The first kappa shape index (κ1) is 22.0. The minimum atomic E-state index is -0.133. The van der Waals surface area contributed by atoms with Crippen molar-refractivity contribution in [1.82, 2.24) is 0 Å². The number of nitrogens with zero attached hydrogens (tertiary/aromatic N) is 1. The quantitative estimate of drug-likeness (QED) is 0.352. The van der Waals surface area contributed by atoms with Gasteiger partial charge in [0, 0.05) is 29.3 Å². The van der Waals surface area contributed by atoms with Gasteiger partial charge < -0.3 is 15.8 Å². The predicted octanol–water partition coefficient (Wildman–Crippen LogP) is 5.05. The number of nitrogens with two attached hydrogens (primary N) is 1. The van der Waals surface area contributed by atoms with Gasteiger partial charge in [0.15, 0.2) is 5.96 Å². The van der Waals surface area contributed by atoms with Gasteiger partial charge in [-0.25, -0.2) is 0 Å². The van der Waals surface area contributed by atoms with Crippen LogP contribution in [-0.4, -0.2) is 25.7 Å². The summed E-state index contributed by atoms with van der Waals surface area (Å²) in [4.78, 5) is 4.65. The molecule has 1 fully saturated rings. The summed E-state index contributed by atoms with van der Waals surface area (Å²) in [5.41, 5.74) is 10.6. The first-order valence-electron chi connectivity index (χ1n) is 8.97. The molecule has 0 amide bonds. The van der Waals surface area contributed by atoms with Gasteiger partial charge in [-0.05, 0) is 61.6 Å². The summed E-state index contributed by atoms with van der Waals surface area (Å²) in [6.07, 6.45) is 1.77. The Balaban J connectivity index is 0.00000261. The van der Waals surface area contributed by atoms with E-state index in [0.29, 0.717) is 25.7 Å². The molecule has 0 unspecified atom stereocenters. The molecular weight excluding hydrogens is 473 g/mol. The Bertz CT molecular complexity index is 804. The lowest BCUT2D eigenvalue weighted by Gasteiger charge is -2.37. The van der Waals surface area contributed by atoms with Crippen LogP contribution in [0.15, 0.2) is 47.5 Å². The Hall–Kier alpha value is -1.31. The van der Waals surface area contributed by atoms with Crippen LogP contribution in [0.3, 0.4) is 0 Å². The highest BCUT2D eigenvalue weighted by atomic mass is 127. The maximum Gasteiger partial charge on any atom is 0.193 e. The summed E-state index contributed by atoms with van der Waals surface area (Å²) in [6, 6.07) is 14.2. The van der Waals surface area contributed by atoms with E-state index in [1.165, 1.54) is 11.1 Å². The van der Waals surface area contributed by atoms with Crippen molar-refractivity contribution < 1.29 is 4.74 Å². The molecule has 0 aliphatic carbocycles. The van der Waals surface area contributed by atoms with Crippen LogP contribution in [0.25, 0.3) is 0 Å². The SMILES string of the molecule is Cc1ccc(NC(N)=NCC2(c3ccccc3Cl)CCOCC2)cc1C.I. The van der Waals surface area contributed by atoms with Crippen molar-refractivity contribution >= 4 is 47.2 Å². The van der Waals surface area contributed by atoms with E-state index < -0.39 is 0 Å². The number of aryl methyl sites for hydroxylation is 2. The standard InChI is InChI=1S/C21H26ClN3O.HI/c1-15-7-8-17(13-16(15)2)25-20(23)24-14-21(9-11-26-12-10-21)18-5-3-4-6-19(18)22;/h3-8,13H,9-12,14H2,1-2H3,(H3,23,24,25);1H. The highest BCUT2D eigenvalue weighted by Gasteiger charge is 2.35. The van der Waals surface area contributed by atoms with Crippen molar-refractivity contribution in [3.05, 3.63) is 64.2 Å². The third-order valence-corrected chi connectivity index (χ3v) is 5.56. The molecule has 1 heterocycles. The summed E-state index contributed by atoms with van der Waals surface area (Å²) < 4.78 is 5.57. The van der Waals surface area contributed by atoms with E-state index in [-0.39, 0.29) is 29.4 Å². The summed E-state index contributed by atoms with van der Waals surface area (Å²) in [5, 5.41) is 3.98. The lowest BCUT2D eigenvalue weighted by atomic mass is 9.74. The molecule has 146 valence electrons. The van der Waals surface area contributed by atoms with Crippen molar-refractivity contribution in [2.75, 3.05) is 25.1 Å². The van der Waals surface area contributed by atoms with E-state index in [1.54, 1.807) is 0 Å². The minimum Gasteiger partial charge on any atom is -0.381 e. The molecular formula is C21H27ClIN3O. The van der Waals surface area contributed by atoms with E-state index >= 15 is 0 Å². The van der Waals surface area contributed by atoms with Crippen molar-refractivity contribution in [3.63, 3.8) is 0 Å². The first-order chi connectivity index (χ1) is 12.5. The second-order valence-electron chi connectivity index (χ2n) is 7.00. The van der Waals surface area contributed by atoms with Crippen molar-refractivity contribution in [2.45, 2.75) is 32.1 Å². The Morgan fingerprint density at radius 3 is 2.52 bits per heavy atom. The second-order valence-corrected chi connectivity index (χ2v) is 7.41. The maximum atomic E-state index is 6.49. The number of guanidine groups is 1. The molecule has 3 N–H and O–H groups in total. The molecule has 0 spiro atoms. The summed E-state index contributed by atoms with van der Waals surface area (Å²) in [5.74, 6) is 0.422. The highest BCUT2D eigenvalue weighted by molar-refractivity contribution is 14.0. The van der Waals surface area contributed by atoms with Gasteiger partial charge in [-0.1, -0.05) is 35.9 Å². The van der Waals surface area contributed by atoms with Crippen LogP contribution in [0.4, 0.5) is 5.69 Å². The van der Waals surface area contributed by atoms with Crippen molar-refractivity contribution in [3.8, 4) is 0 Å². The first-order valence-corrected chi connectivity index (χ1v) is 9.35. The molecule has 1 aliphatic heterocycles. The highest BCUT2D eigenvalue weighted by Crippen LogP contribution is 2.38. The zero-order chi connectivity index (χ0) is 18.6. The van der Waals surface area contributed by atoms with Gasteiger partial charge in [0.05, 0.1) is 6.54 Å². The van der Waals surface area contributed by atoms with E-state index in [9.17, 15) is 0 Å². The van der Waals surface area contributed by atoms with Crippen LogP contribution >= 0.6 is 35.6 Å². The van der Waals surface area contributed by atoms with Gasteiger partial charge in [-0.2, -0.15) is 0 Å². The molecule has 4 nitrogen and oxygen atoms in total. The van der Waals surface area contributed by atoms with Gasteiger partial charge in [-0.15, -0.1) is 24.0 Å². The third-order valence-electron chi connectivity index (χ3n) is 5.23. The number of hydrogen-bond acceptors (Lipinski definition) is 2. The fourth-order valence-electron chi connectivity index (χ4n) is 3.41. The predicted molar refractivity (Wildman–Crippen MR) is 125 cm³/mol. The third kappa shape index (κ3) is 5.36. The van der Waals surface area contributed by atoms with Gasteiger partial charge in [0.25, 0.3) is 0 Å². The van der Waals surface area contributed by atoms with Crippen LogP contribution in [0.1, 0.15) is 29.5 Å². The molecule has 2 aromatic rings. The number of rotatable bonds is 4. The molecule has 27 heavy (non-hydrogen) atoms. The molecule has 3 rings (SSSR count). The van der Waals surface area contributed by atoms with Gasteiger partial charge in [-0.3, -0.25) is 4.99 Å². The Morgan fingerprint density at radius 2 is 1.85 bits per heavy atom. The van der Waals surface area contributed by atoms with Crippen LogP contribution in [0.5, 0.6) is 0 Å².